The average Bonchev–Trinajstić information content (AvgIpc) is 2.98. The van der Waals surface area contributed by atoms with E-state index in [1.165, 1.54) is 6.92 Å². The highest BCUT2D eigenvalue weighted by Gasteiger charge is 2.46. The molecule has 0 aliphatic carbocycles. The summed E-state index contributed by atoms with van der Waals surface area (Å²) in [5.41, 5.74) is -1.04. The standard InChI is InChI=1S/C15H25NO5/c1-9(2)15(20,10(3)17)14(19)21-8-11-4-6-16-7-5-12(18)13(11)16/h4,9-10,12-13,17-18,20H,5-8H2,1-3H3/t10-,12+,13-,15?/m1/s1. The van der Waals surface area contributed by atoms with Crippen LogP contribution in [0.2, 0.25) is 0 Å². The fourth-order valence-electron chi connectivity index (χ4n) is 3.18. The van der Waals surface area contributed by atoms with Crippen LogP contribution in [-0.2, 0) is 9.53 Å². The molecule has 4 atom stereocenters. The smallest absolute Gasteiger partial charge is 0.341 e. The first-order valence-electron chi connectivity index (χ1n) is 7.47. The van der Waals surface area contributed by atoms with Crippen LogP contribution in [-0.4, -0.2) is 69.7 Å². The van der Waals surface area contributed by atoms with Crippen molar-refractivity contribution in [2.75, 3.05) is 19.7 Å². The number of carbonyl (C=O) groups is 1. The number of hydrogen-bond acceptors (Lipinski definition) is 6. The molecule has 0 aromatic rings. The molecule has 3 N–H and O–H groups in total. The highest BCUT2D eigenvalue weighted by atomic mass is 16.6. The Labute approximate surface area is 125 Å². The fraction of sp³-hybridized carbons (Fsp3) is 0.800. The van der Waals surface area contributed by atoms with Gasteiger partial charge < -0.3 is 20.1 Å². The molecule has 2 aliphatic heterocycles. The largest absolute Gasteiger partial charge is 0.459 e. The van der Waals surface area contributed by atoms with Crippen LogP contribution in [0.25, 0.3) is 0 Å². The van der Waals surface area contributed by atoms with E-state index in [0.717, 1.165) is 25.1 Å². The molecule has 2 heterocycles. The second-order valence-electron chi connectivity index (χ2n) is 6.31. The molecule has 2 aliphatic rings. The van der Waals surface area contributed by atoms with Crippen molar-refractivity contribution in [3.8, 4) is 0 Å². The molecule has 0 amide bonds. The van der Waals surface area contributed by atoms with Crippen LogP contribution < -0.4 is 0 Å². The lowest BCUT2D eigenvalue weighted by Gasteiger charge is -2.32. The van der Waals surface area contributed by atoms with Crippen molar-refractivity contribution in [1.29, 1.82) is 0 Å². The van der Waals surface area contributed by atoms with Gasteiger partial charge in [-0.2, -0.15) is 0 Å². The Hall–Kier alpha value is -0.950. The van der Waals surface area contributed by atoms with E-state index in [1.54, 1.807) is 13.8 Å². The summed E-state index contributed by atoms with van der Waals surface area (Å²) in [6.45, 7) is 6.32. The molecule has 0 saturated carbocycles. The molecule has 120 valence electrons. The lowest BCUT2D eigenvalue weighted by Crippen LogP contribution is -2.53. The van der Waals surface area contributed by atoms with E-state index < -0.39 is 29.7 Å². The summed E-state index contributed by atoms with van der Waals surface area (Å²) < 4.78 is 5.22. The van der Waals surface area contributed by atoms with Crippen LogP contribution >= 0.6 is 0 Å². The average molecular weight is 299 g/mol. The second-order valence-corrected chi connectivity index (χ2v) is 6.31. The van der Waals surface area contributed by atoms with Gasteiger partial charge in [-0.3, -0.25) is 4.90 Å². The number of carbonyl (C=O) groups excluding carboxylic acids is 1. The number of esters is 1. The van der Waals surface area contributed by atoms with Gasteiger partial charge in [0.2, 0.25) is 0 Å². The molecule has 6 nitrogen and oxygen atoms in total. The SMILES string of the molecule is CC(C)C(O)(C(=O)OCC1=CCN2CC[C@H](O)[C@@H]12)[C@@H](C)O. The zero-order chi connectivity index (χ0) is 15.8. The molecule has 0 bridgehead atoms. The van der Waals surface area contributed by atoms with Crippen molar-refractivity contribution in [3.63, 3.8) is 0 Å². The van der Waals surface area contributed by atoms with Gasteiger partial charge in [-0.05, 0) is 24.8 Å². The first-order valence-corrected chi connectivity index (χ1v) is 7.47. The van der Waals surface area contributed by atoms with E-state index in [9.17, 15) is 20.1 Å². The molecule has 1 unspecified atom stereocenters. The van der Waals surface area contributed by atoms with Crippen LogP contribution in [0.15, 0.2) is 11.6 Å². The summed E-state index contributed by atoms with van der Waals surface area (Å²) in [4.78, 5) is 14.3. The van der Waals surface area contributed by atoms with Gasteiger partial charge in [-0.1, -0.05) is 19.9 Å². The van der Waals surface area contributed by atoms with Crippen LogP contribution in [0, 0.1) is 5.92 Å². The zero-order valence-corrected chi connectivity index (χ0v) is 12.8. The summed E-state index contributed by atoms with van der Waals surface area (Å²) in [5, 5.41) is 30.0. The van der Waals surface area contributed by atoms with Crippen LogP contribution in [0.3, 0.4) is 0 Å². The minimum atomic E-state index is -1.91. The maximum Gasteiger partial charge on any atom is 0.341 e. The Morgan fingerprint density at radius 2 is 2.19 bits per heavy atom. The van der Waals surface area contributed by atoms with Crippen molar-refractivity contribution in [1.82, 2.24) is 4.90 Å². The molecule has 0 radical (unpaired) electrons. The number of nitrogens with zero attached hydrogens (tertiary/aromatic N) is 1. The minimum absolute atomic E-state index is 0.0405. The molecule has 2 rings (SSSR count). The van der Waals surface area contributed by atoms with Crippen molar-refractivity contribution in [2.24, 2.45) is 5.92 Å². The Kier molecular flexibility index (Phi) is 4.72. The number of fused-ring (bicyclic) bond motifs is 1. The number of aliphatic hydroxyl groups is 3. The topological polar surface area (TPSA) is 90.2 Å². The van der Waals surface area contributed by atoms with Gasteiger partial charge in [-0.15, -0.1) is 0 Å². The van der Waals surface area contributed by atoms with Gasteiger partial charge in [0.15, 0.2) is 5.60 Å². The normalized spacial score (nSPS) is 30.0. The van der Waals surface area contributed by atoms with E-state index in [4.69, 9.17) is 4.74 Å². The fourth-order valence-corrected chi connectivity index (χ4v) is 3.18. The third-order valence-electron chi connectivity index (χ3n) is 4.65. The van der Waals surface area contributed by atoms with Crippen molar-refractivity contribution < 1.29 is 24.9 Å². The van der Waals surface area contributed by atoms with Gasteiger partial charge in [-0.25, -0.2) is 4.79 Å². The Balaban J connectivity index is 1.98. The first-order chi connectivity index (χ1) is 9.78. The van der Waals surface area contributed by atoms with E-state index in [1.807, 2.05) is 6.08 Å². The molecule has 0 spiro atoms. The summed E-state index contributed by atoms with van der Waals surface area (Å²) in [7, 11) is 0. The number of aliphatic hydroxyl groups excluding tert-OH is 2. The maximum atomic E-state index is 12.1. The molecule has 21 heavy (non-hydrogen) atoms. The number of ether oxygens (including phenoxy) is 1. The van der Waals surface area contributed by atoms with E-state index in [2.05, 4.69) is 4.90 Å². The summed E-state index contributed by atoms with van der Waals surface area (Å²) in [5.74, 6) is -1.28. The predicted octanol–water partition coefficient (Wildman–Crippen LogP) is -0.327. The van der Waals surface area contributed by atoms with Crippen molar-refractivity contribution in [2.45, 2.75) is 51.0 Å². The molecule has 0 aromatic carbocycles. The molecule has 1 fully saturated rings. The van der Waals surface area contributed by atoms with E-state index >= 15 is 0 Å². The third kappa shape index (κ3) is 2.85. The summed E-state index contributed by atoms with van der Waals surface area (Å²) in [6, 6.07) is -0.0866. The monoisotopic (exact) mass is 299 g/mol. The minimum Gasteiger partial charge on any atom is -0.459 e. The Morgan fingerprint density at radius 1 is 1.52 bits per heavy atom. The molecule has 1 saturated heterocycles. The highest BCUT2D eigenvalue weighted by molar-refractivity contribution is 5.80. The van der Waals surface area contributed by atoms with E-state index in [0.29, 0.717) is 0 Å². The number of rotatable bonds is 5. The van der Waals surface area contributed by atoms with Crippen molar-refractivity contribution >= 4 is 5.97 Å². The molecular weight excluding hydrogens is 274 g/mol. The van der Waals surface area contributed by atoms with Crippen LogP contribution in [0.4, 0.5) is 0 Å². The Morgan fingerprint density at radius 3 is 2.76 bits per heavy atom. The highest BCUT2D eigenvalue weighted by Crippen LogP contribution is 2.30. The summed E-state index contributed by atoms with van der Waals surface area (Å²) >= 11 is 0. The molecule has 0 aromatic heterocycles. The Bertz CT molecular complexity index is 424. The first kappa shape index (κ1) is 16.4. The van der Waals surface area contributed by atoms with Gasteiger partial charge in [0, 0.05) is 13.1 Å². The van der Waals surface area contributed by atoms with Crippen LogP contribution in [0.5, 0.6) is 0 Å². The van der Waals surface area contributed by atoms with Gasteiger partial charge in [0.25, 0.3) is 0 Å². The van der Waals surface area contributed by atoms with Gasteiger partial charge in [0.05, 0.1) is 18.2 Å². The maximum absolute atomic E-state index is 12.1. The third-order valence-corrected chi connectivity index (χ3v) is 4.65. The molecule has 6 heteroatoms. The number of hydrogen-bond donors (Lipinski definition) is 3. The quantitative estimate of drug-likeness (QED) is 0.476. The van der Waals surface area contributed by atoms with E-state index in [-0.39, 0.29) is 12.6 Å². The lowest BCUT2D eigenvalue weighted by atomic mass is 9.85. The van der Waals surface area contributed by atoms with Gasteiger partial charge >= 0.3 is 5.97 Å². The van der Waals surface area contributed by atoms with Gasteiger partial charge in [0.1, 0.15) is 6.61 Å². The second kappa shape index (κ2) is 6.04. The van der Waals surface area contributed by atoms with Crippen molar-refractivity contribution in [3.05, 3.63) is 11.6 Å². The lowest BCUT2D eigenvalue weighted by molar-refractivity contribution is -0.183. The molecular formula is C15H25NO5. The zero-order valence-electron chi connectivity index (χ0n) is 12.8. The van der Waals surface area contributed by atoms with Crippen LogP contribution in [0.1, 0.15) is 27.2 Å². The predicted molar refractivity (Wildman–Crippen MR) is 76.5 cm³/mol. The summed E-state index contributed by atoms with van der Waals surface area (Å²) in [6.07, 6.45) is 1.03.